The van der Waals surface area contributed by atoms with E-state index in [-0.39, 0.29) is 11.3 Å². The van der Waals surface area contributed by atoms with Gasteiger partial charge < -0.3 is 5.11 Å². The molecule has 2 rings (SSSR count). The first-order valence-electron chi connectivity index (χ1n) is 5.21. The minimum absolute atomic E-state index is 0.0638. The van der Waals surface area contributed by atoms with Crippen molar-refractivity contribution in [1.82, 2.24) is 0 Å². The SMILES string of the molecule is O=C(O)c1c(NO)cccc1Sc1ccccc1. The summed E-state index contributed by atoms with van der Waals surface area (Å²) in [4.78, 5) is 12.7. The molecule has 0 heterocycles. The van der Waals surface area contributed by atoms with Crippen molar-refractivity contribution >= 4 is 23.4 Å². The van der Waals surface area contributed by atoms with E-state index in [0.717, 1.165) is 4.90 Å². The number of carboxylic acid groups (broad SMARTS) is 1. The summed E-state index contributed by atoms with van der Waals surface area (Å²) in [5.74, 6) is -1.08. The Kier molecular flexibility index (Phi) is 3.86. The highest BCUT2D eigenvalue weighted by Gasteiger charge is 2.15. The standard InChI is InChI=1S/C13H11NO3S/c15-13(16)12-10(14-17)7-4-8-11(12)18-9-5-2-1-3-6-9/h1-8,14,17H,(H,15,16). The van der Waals surface area contributed by atoms with E-state index in [1.165, 1.54) is 17.8 Å². The maximum absolute atomic E-state index is 11.2. The fraction of sp³-hybridized carbons (Fsp3) is 0. The van der Waals surface area contributed by atoms with Crippen LogP contribution in [0.4, 0.5) is 5.69 Å². The van der Waals surface area contributed by atoms with Gasteiger partial charge in [0.15, 0.2) is 0 Å². The second-order valence-electron chi connectivity index (χ2n) is 3.51. The van der Waals surface area contributed by atoms with Gasteiger partial charge in [-0.05, 0) is 24.3 Å². The van der Waals surface area contributed by atoms with Gasteiger partial charge in [0.05, 0.1) is 11.3 Å². The molecular weight excluding hydrogens is 250 g/mol. The van der Waals surface area contributed by atoms with Gasteiger partial charge in [0.25, 0.3) is 0 Å². The van der Waals surface area contributed by atoms with Crippen molar-refractivity contribution in [3.63, 3.8) is 0 Å². The molecule has 0 aliphatic rings. The molecule has 18 heavy (non-hydrogen) atoms. The van der Waals surface area contributed by atoms with Gasteiger partial charge in [0, 0.05) is 9.79 Å². The maximum Gasteiger partial charge on any atom is 0.339 e. The van der Waals surface area contributed by atoms with Crippen LogP contribution < -0.4 is 5.48 Å². The third-order valence-corrected chi connectivity index (χ3v) is 3.40. The Morgan fingerprint density at radius 2 is 1.78 bits per heavy atom. The van der Waals surface area contributed by atoms with Gasteiger partial charge in [0.2, 0.25) is 0 Å². The number of anilines is 1. The van der Waals surface area contributed by atoms with E-state index in [0.29, 0.717) is 4.90 Å². The lowest BCUT2D eigenvalue weighted by atomic mass is 10.2. The molecule has 0 fully saturated rings. The van der Waals surface area contributed by atoms with Crippen LogP contribution in [0.3, 0.4) is 0 Å². The number of carbonyl (C=O) groups is 1. The third-order valence-electron chi connectivity index (χ3n) is 2.33. The summed E-state index contributed by atoms with van der Waals surface area (Å²) in [6.07, 6.45) is 0. The molecule has 0 bridgehead atoms. The number of hydrogen-bond donors (Lipinski definition) is 3. The summed E-state index contributed by atoms with van der Waals surface area (Å²) in [6.45, 7) is 0. The van der Waals surface area contributed by atoms with Crippen LogP contribution in [0.1, 0.15) is 10.4 Å². The van der Waals surface area contributed by atoms with Gasteiger partial charge in [-0.2, -0.15) is 0 Å². The Bertz CT molecular complexity index is 557. The summed E-state index contributed by atoms with van der Waals surface area (Å²) in [5, 5.41) is 18.1. The zero-order valence-corrected chi connectivity index (χ0v) is 10.1. The number of rotatable bonds is 4. The van der Waals surface area contributed by atoms with E-state index >= 15 is 0 Å². The first-order valence-corrected chi connectivity index (χ1v) is 6.03. The molecule has 0 unspecified atom stereocenters. The topological polar surface area (TPSA) is 69.6 Å². The first kappa shape index (κ1) is 12.5. The molecule has 0 saturated heterocycles. The normalized spacial score (nSPS) is 10.1. The fourth-order valence-electron chi connectivity index (χ4n) is 1.55. The van der Waals surface area contributed by atoms with Crippen molar-refractivity contribution in [3.05, 3.63) is 54.1 Å². The molecule has 0 radical (unpaired) electrons. The highest BCUT2D eigenvalue weighted by molar-refractivity contribution is 7.99. The number of carboxylic acids is 1. The first-order chi connectivity index (χ1) is 8.72. The van der Waals surface area contributed by atoms with Gasteiger partial charge in [0.1, 0.15) is 0 Å². The molecule has 0 aliphatic heterocycles. The summed E-state index contributed by atoms with van der Waals surface area (Å²) in [5.41, 5.74) is 2.16. The number of hydrogen-bond acceptors (Lipinski definition) is 4. The van der Waals surface area contributed by atoms with Crippen LogP contribution in [0, 0.1) is 0 Å². The van der Waals surface area contributed by atoms with E-state index < -0.39 is 5.97 Å². The molecule has 0 amide bonds. The molecule has 0 aromatic heterocycles. The molecule has 0 spiro atoms. The van der Waals surface area contributed by atoms with Gasteiger partial charge in [-0.1, -0.05) is 36.0 Å². The Balaban J connectivity index is 2.42. The molecule has 4 nitrogen and oxygen atoms in total. The summed E-state index contributed by atoms with van der Waals surface area (Å²) in [7, 11) is 0. The molecule has 5 heteroatoms. The second-order valence-corrected chi connectivity index (χ2v) is 4.63. The highest BCUT2D eigenvalue weighted by atomic mass is 32.2. The molecular formula is C13H11NO3S. The lowest BCUT2D eigenvalue weighted by Gasteiger charge is -2.09. The third kappa shape index (κ3) is 2.64. The number of nitrogens with one attached hydrogen (secondary N) is 1. The van der Waals surface area contributed by atoms with Crippen molar-refractivity contribution in [1.29, 1.82) is 0 Å². The molecule has 2 aromatic rings. The summed E-state index contributed by atoms with van der Waals surface area (Å²) < 4.78 is 0. The zero-order valence-electron chi connectivity index (χ0n) is 9.33. The van der Waals surface area contributed by atoms with E-state index in [1.54, 1.807) is 12.1 Å². The average molecular weight is 261 g/mol. The Labute approximate surface area is 108 Å². The summed E-state index contributed by atoms with van der Waals surface area (Å²) in [6, 6.07) is 14.4. The van der Waals surface area contributed by atoms with Gasteiger partial charge >= 0.3 is 5.97 Å². The maximum atomic E-state index is 11.2. The van der Waals surface area contributed by atoms with Crippen LogP contribution in [0.5, 0.6) is 0 Å². The van der Waals surface area contributed by atoms with E-state index in [4.69, 9.17) is 5.21 Å². The molecule has 0 aliphatic carbocycles. The van der Waals surface area contributed by atoms with Crippen molar-refractivity contribution in [2.75, 3.05) is 5.48 Å². The minimum atomic E-state index is -1.08. The summed E-state index contributed by atoms with van der Waals surface area (Å²) >= 11 is 1.34. The Morgan fingerprint density at radius 3 is 2.39 bits per heavy atom. The average Bonchev–Trinajstić information content (AvgIpc) is 2.39. The monoisotopic (exact) mass is 261 g/mol. The zero-order chi connectivity index (χ0) is 13.0. The smallest absolute Gasteiger partial charge is 0.339 e. The van der Waals surface area contributed by atoms with E-state index in [1.807, 2.05) is 35.8 Å². The van der Waals surface area contributed by atoms with Crippen molar-refractivity contribution in [2.24, 2.45) is 0 Å². The molecule has 0 atom stereocenters. The highest BCUT2D eigenvalue weighted by Crippen LogP contribution is 2.33. The van der Waals surface area contributed by atoms with Crippen LogP contribution in [0.2, 0.25) is 0 Å². The molecule has 3 N–H and O–H groups in total. The predicted octanol–water partition coefficient (Wildman–Crippen LogP) is 3.34. The van der Waals surface area contributed by atoms with Crippen molar-refractivity contribution < 1.29 is 15.1 Å². The molecule has 2 aromatic carbocycles. The van der Waals surface area contributed by atoms with E-state index in [9.17, 15) is 9.90 Å². The van der Waals surface area contributed by atoms with Crippen molar-refractivity contribution in [2.45, 2.75) is 9.79 Å². The molecule has 0 saturated carbocycles. The number of aromatic carboxylic acids is 1. The lowest BCUT2D eigenvalue weighted by Crippen LogP contribution is -2.04. The Hall–Kier alpha value is -1.98. The van der Waals surface area contributed by atoms with Crippen LogP contribution in [-0.4, -0.2) is 16.3 Å². The van der Waals surface area contributed by atoms with E-state index in [2.05, 4.69) is 0 Å². The van der Waals surface area contributed by atoms with Crippen LogP contribution in [0.25, 0.3) is 0 Å². The second kappa shape index (κ2) is 5.57. The Morgan fingerprint density at radius 1 is 1.06 bits per heavy atom. The quantitative estimate of drug-likeness (QED) is 0.736. The largest absolute Gasteiger partial charge is 0.478 e. The van der Waals surface area contributed by atoms with Crippen LogP contribution in [-0.2, 0) is 0 Å². The lowest BCUT2D eigenvalue weighted by molar-refractivity contribution is 0.0693. The predicted molar refractivity (Wildman–Crippen MR) is 69.4 cm³/mol. The minimum Gasteiger partial charge on any atom is -0.478 e. The number of benzene rings is 2. The van der Waals surface area contributed by atoms with Crippen LogP contribution in [0.15, 0.2) is 58.3 Å². The van der Waals surface area contributed by atoms with Gasteiger partial charge in [-0.25, -0.2) is 4.79 Å². The fourth-order valence-corrected chi connectivity index (χ4v) is 2.54. The van der Waals surface area contributed by atoms with Crippen molar-refractivity contribution in [3.8, 4) is 0 Å². The molecule has 92 valence electrons. The van der Waals surface area contributed by atoms with Gasteiger partial charge in [-0.3, -0.25) is 10.7 Å². The van der Waals surface area contributed by atoms with Crippen LogP contribution >= 0.6 is 11.8 Å². The van der Waals surface area contributed by atoms with Gasteiger partial charge in [-0.15, -0.1) is 0 Å².